The van der Waals surface area contributed by atoms with Gasteiger partial charge in [0.25, 0.3) is 0 Å². The van der Waals surface area contributed by atoms with Crippen molar-refractivity contribution in [2.24, 2.45) is 0 Å². The topological polar surface area (TPSA) is 86.7 Å². The smallest absolute Gasteiger partial charge is 0.323 e. The first-order valence-corrected chi connectivity index (χ1v) is 6.83. The highest BCUT2D eigenvalue weighted by Gasteiger charge is 2.16. The van der Waals surface area contributed by atoms with Crippen molar-refractivity contribution in [1.29, 1.82) is 0 Å². The molecule has 21 heavy (non-hydrogen) atoms. The van der Waals surface area contributed by atoms with Gasteiger partial charge in [-0.2, -0.15) is 0 Å². The third kappa shape index (κ3) is 6.56. The first kappa shape index (κ1) is 16.7. The monoisotopic (exact) mass is 292 g/mol. The Morgan fingerprint density at radius 3 is 2.43 bits per heavy atom. The van der Waals surface area contributed by atoms with Gasteiger partial charge >= 0.3 is 5.97 Å². The standard InChI is InChI=1S/C15H20N2O4/c1-2-8-17(11-15(20)21)14(19)10-16-13(18)9-12-6-4-3-5-7-12/h3-7H,2,8-11H2,1H3,(H,16,18)(H,20,21). The van der Waals surface area contributed by atoms with E-state index in [9.17, 15) is 14.4 Å². The van der Waals surface area contributed by atoms with Gasteiger partial charge in [0, 0.05) is 6.54 Å². The van der Waals surface area contributed by atoms with Gasteiger partial charge in [-0.05, 0) is 12.0 Å². The lowest BCUT2D eigenvalue weighted by Gasteiger charge is -2.20. The molecule has 2 N–H and O–H groups in total. The number of amides is 2. The fraction of sp³-hybridized carbons (Fsp3) is 0.400. The summed E-state index contributed by atoms with van der Waals surface area (Å²) in [6.45, 7) is 1.69. The highest BCUT2D eigenvalue weighted by atomic mass is 16.4. The van der Waals surface area contributed by atoms with Crippen LogP contribution in [0.4, 0.5) is 0 Å². The van der Waals surface area contributed by atoms with Crippen LogP contribution in [0.1, 0.15) is 18.9 Å². The second kappa shape index (κ2) is 8.73. The van der Waals surface area contributed by atoms with E-state index in [0.717, 1.165) is 5.56 Å². The van der Waals surface area contributed by atoms with E-state index < -0.39 is 5.97 Å². The molecule has 0 saturated heterocycles. The van der Waals surface area contributed by atoms with Crippen LogP contribution in [-0.2, 0) is 20.8 Å². The van der Waals surface area contributed by atoms with Gasteiger partial charge in [0.1, 0.15) is 6.54 Å². The summed E-state index contributed by atoms with van der Waals surface area (Å²) < 4.78 is 0. The minimum atomic E-state index is -1.06. The Morgan fingerprint density at radius 2 is 1.86 bits per heavy atom. The molecule has 0 atom stereocenters. The molecule has 1 aromatic rings. The summed E-state index contributed by atoms with van der Waals surface area (Å²) in [7, 11) is 0. The Kier molecular flexibility index (Phi) is 6.94. The molecule has 1 rings (SSSR count). The van der Waals surface area contributed by atoms with Gasteiger partial charge in [-0.25, -0.2) is 0 Å². The summed E-state index contributed by atoms with van der Waals surface area (Å²) in [6, 6.07) is 9.19. The van der Waals surface area contributed by atoms with Gasteiger partial charge in [0.05, 0.1) is 13.0 Å². The van der Waals surface area contributed by atoms with Crippen LogP contribution in [0.5, 0.6) is 0 Å². The van der Waals surface area contributed by atoms with Gasteiger partial charge in [0.15, 0.2) is 0 Å². The first-order chi connectivity index (χ1) is 10.0. The number of carboxylic acid groups (broad SMARTS) is 1. The molecule has 0 aliphatic rings. The number of rotatable bonds is 8. The summed E-state index contributed by atoms with van der Waals surface area (Å²) in [5, 5.41) is 11.3. The molecule has 0 fully saturated rings. The van der Waals surface area contributed by atoms with Crippen molar-refractivity contribution in [3.8, 4) is 0 Å². The highest BCUT2D eigenvalue weighted by molar-refractivity contribution is 5.87. The molecule has 0 unspecified atom stereocenters. The van der Waals surface area contributed by atoms with Crippen molar-refractivity contribution in [2.75, 3.05) is 19.6 Å². The van der Waals surface area contributed by atoms with Crippen molar-refractivity contribution in [3.63, 3.8) is 0 Å². The second-order valence-electron chi connectivity index (χ2n) is 4.65. The molecule has 2 amide bonds. The zero-order chi connectivity index (χ0) is 15.7. The van der Waals surface area contributed by atoms with Crippen LogP contribution >= 0.6 is 0 Å². The molecule has 0 radical (unpaired) electrons. The van der Waals surface area contributed by atoms with E-state index in [-0.39, 0.29) is 31.3 Å². The third-order valence-electron chi connectivity index (χ3n) is 2.82. The van der Waals surface area contributed by atoms with Crippen molar-refractivity contribution in [3.05, 3.63) is 35.9 Å². The molecule has 0 aromatic heterocycles. The Labute approximate surface area is 123 Å². The number of aliphatic carboxylic acids is 1. The van der Waals surface area contributed by atoms with Crippen molar-refractivity contribution in [1.82, 2.24) is 10.2 Å². The Balaban J connectivity index is 2.43. The molecular formula is C15H20N2O4. The molecule has 0 saturated carbocycles. The van der Waals surface area contributed by atoms with Crippen molar-refractivity contribution in [2.45, 2.75) is 19.8 Å². The molecule has 0 aliphatic carbocycles. The Bertz CT molecular complexity index is 488. The minimum absolute atomic E-state index is 0.182. The predicted octanol–water partition coefficient (Wildman–Crippen LogP) is 0.669. The molecule has 0 spiro atoms. The predicted molar refractivity (Wildman–Crippen MR) is 77.7 cm³/mol. The maximum Gasteiger partial charge on any atom is 0.323 e. The number of carbonyl (C=O) groups excluding carboxylic acids is 2. The lowest BCUT2D eigenvalue weighted by atomic mass is 10.1. The van der Waals surface area contributed by atoms with Crippen LogP contribution in [0.25, 0.3) is 0 Å². The Morgan fingerprint density at radius 1 is 1.19 bits per heavy atom. The van der Waals surface area contributed by atoms with Crippen molar-refractivity contribution < 1.29 is 19.5 Å². The summed E-state index contributed by atoms with van der Waals surface area (Å²) in [4.78, 5) is 35.5. The molecule has 6 heteroatoms. The van der Waals surface area contributed by atoms with E-state index in [1.165, 1.54) is 4.90 Å². The maximum atomic E-state index is 11.9. The van der Waals surface area contributed by atoms with E-state index in [4.69, 9.17) is 5.11 Å². The van der Waals surface area contributed by atoms with Crippen LogP contribution in [0.15, 0.2) is 30.3 Å². The quantitative estimate of drug-likeness (QED) is 0.737. The van der Waals surface area contributed by atoms with Crippen LogP contribution in [0, 0.1) is 0 Å². The molecule has 114 valence electrons. The highest BCUT2D eigenvalue weighted by Crippen LogP contribution is 1.99. The average molecular weight is 292 g/mol. The minimum Gasteiger partial charge on any atom is -0.480 e. The maximum absolute atomic E-state index is 11.9. The van der Waals surface area contributed by atoms with E-state index in [0.29, 0.717) is 13.0 Å². The SMILES string of the molecule is CCCN(CC(=O)O)C(=O)CNC(=O)Cc1ccccc1. The number of carbonyl (C=O) groups is 3. The third-order valence-corrected chi connectivity index (χ3v) is 2.82. The van der Waals surface area contributed by atoms with E-state index in [2.05, 4.69) is 5.32 Å². The largest absolute Gasteiger partial charge is 0.480 e. The molecule has 1 aromatic carbocycles. The summed E-state index contributed by atoms with van der Waals surface area (Å²) in [5.41, 5.74) is 0.860. The van der Waals surface area contributed by atoms with E-state index in [1.807, 2.05) is 37.3 Å². The van der Waals surface area contributed by atoms with Crippen LogP contribution in [0.2, 0.25) is 0 Å². The molecule has 6 nitrogen and oxygen atoms in total. The van der Waals surface area contributed by atoms with Crippen LogP contribution in [0.3, 0.4) is 0 Å². The molecule has 0 aliphatic heterocycles. The first-order valence-electron chi connectivity index (χ1n) is 6.83. The lowest BCUT2D eigenvalue weighted by molar-refractivity contribution is -0.144. The molecular weight excluding hydrogens is 272 g/mol. The number of nitrogens with zero attached hydrogens (tertiary/aromatic N) is 1. The summed E-state index contributed by atoms with van der Waals surface area (Å²) in [6.07, 6.45) is 0.859. The number of benzene rings is 1. The molecule has 0 heterocycles. The number of carboxylic acids is 1. The van der Waals surface area contributed by atoms with Gasteiger partial charge < -0.3 is 15.3 Å². The van der Waals surface area contributed by atoms with Crippen LogP contribution in [-0.4, -0.2) is 47.4 Å². The van der Waals surface area contributed by atoms with E-state index in [1.54, 1.807) is 0 Å². The average Bonchev–Trinajstić information content (AvgIpc) is 2.45. The lowest BCUT2D eigenvalue weighted by Crippen LogP contribution is -2.43. The normalized spacial score (nSPS) is 9.95. The zero-order valence-electron chi connectivity index (χ0n) is 12.0. The summed E-state index contributed by atoms with van der Waals surface area (Å²) >= 11 is 0. The zero-order valence-corrected chi connectivity index (χ0v) is 12.0. The summed E-state index contributed by atoms with van der Waals surface area (Å²) in [5.74, 6) is -1.71. The second-order valence-corrected chi connectivity index (χ2v) is 4.65. The number of nitrogens with one attached hydrogen (secondary N) is 1. The van der Waals surface area contributed by atoms with Gasteiger partial charge in [-0.3, -0.25) is 14.4 Å². The van der Waals surface area contributed by atoms with Gasteiger partial charge in [0.2, 0.25) is 11.8 Å². The van der Waals surface area contributed by atoms with E-state index >= 15 is 0 Å². The number of hydrogen-bond donors (Lipinski definition) is 2. The van der Waals surface area contributed by atoms with Crippen molar-refractivity contribution >= 4 is 17.8 Å². The Hall–Kier alpha value is -2.37. The molecule has 0 bridgehead atoms. The number of hydrogen-bond acceptors (Lipinski definition) is 3. The van der Waals surface area contributed by atoms with Crippen LogP contribution < -0.4 is 5.32 Å². The van der Waals surface area contributed by atoms with Gasteiger partial charge in [-0.1, -0.05) is 37.3 Å². The fourth-order valence-electron chi connectivity index (χ4n) is 1.85. The van der Waals surface area contributed by atoms with Gasteiger partial charge in [-0.15, -0.1) is 0 Å². The fourth-order valence-corrected chi connectivity index (χ4v) is 1.85.